The highest BCUT2D eigenvalue weighted by Crippen LogP contribution is 2.31. The quantitative estimate of drug-likeness (QED) is 0.344. The van der Waals surface area contributed by atoms with E-state index in [2.05, 4.69) is 20.9 Å². The number of hydrogen-bond donors (Lipinski definition) is 4. The lowest BCUT2D eigenvalue weighted by Gasteiger charge is -2.24. The SMILES string of the molecule is NC(=O)CCCCCCOc1ccc(Nc2nc3c(c(NC4CCCCC4)n2)CCN3)cc1. The predicted molar refractivity (Wildman–Crippen MR) is 132 cm³/mol. The summed E-state index contributed by atoms with van der Waals surface area (Å²) >= 11 is 0. The zero-order chi connectivity index (χ0) is 22.9. The first-order chi connectivity index (χ1) is 16.2. The molecule has 1 saturated carbocycles. The first kappa shape index (κ1) is 23.1. The molecule has 4 rings (SSSR count). The second-order valence-corrected chi connectivity index (χ2v) is 9.01. The molecule has 0 atom stereocenters. The van der Waals surface area contributed by atoms with Crippen LogP contribution in [0.25, 0.3) is 0 Å². The molecule has 2 aliphatic rings. The van der Waals surface area contributed by atoms with Gasteiger partial charge >= 0.3 is 0 Å². The molecule has 0 unspecified atom stereocenters. The van der Waals surface area contributed by atoms with E-state index >= 15 is 0 Å². The molecule has 8 nitrogen and oxygen atoms in total. The number of nitrogens with zero attached hydrogens (tertiary/aromatic N) is 2. The number of carbonyl (C=O) groups is 1. The maximum Gasteiger partial charge on any atom is 0.231 e. The molecule has 33 heavy (non-hydrogen) atoms. The predicted octanol–water partition coefficient (Wildman–Crippen LogP) is 4.75. The third-order valence-corrected chi connectivity index (χ3v) is 6.32. The topological polar surface area (TPSA) is 114 Å². The van der Waals surface area contributed by atoms with Crippen LogP contribution in [-0.4, -0.2) is 35.1 Å². The fraction of sp³-hybridized carbons (Fsp3) is 0.560. The Hall–Kier alpha value is -3.03. The summed E-state index contributed by atoms with van der Waals surface area (Å²) in [4.78, 5) is 20.2. The van der Waals surface area contributed by atoms with Gasteiger partial charge in [0.25, 0.3) is 0 Å². The van der Waals surface area contributed by atoms with Gasteiger partial charge in [-0.05, 0) is 56.4 Å². The number of benzene rings is 1. The molecule has 1 aromatic carbocycles. The number of amides is 1. The zero-order valence-corrected chi connectivity index (χ0v) is 19.4. The van der Waals surface area contributed by atoms with Crippen molar-refractivity contribution in [2.24, 2.45) is 5.73 Å². The van der Waals surface area contributed by atoms with Gasteiger partial charge in [-0.2, -0.15) is 9.97 Å². The number of nitrogens with one attached hydrogen (secondary N) is 3. The van der Waals surface area contributed by atoms with Crippen LogP contribution in [0.15, 0.2) is 24.3 Å². The molecule has 0 bridgehead atoms. The third-order valence-electron chi connectivity index (χ3n) is 6.32. The Bertz CT molecular complexity index is 912. The number of primary amides is 1. The lowest BCUT2D eigenvalue weighted by atomic mass is 9.95. The largest absolute Gasteiger partial charge is 0.494 e. The molecule has 1 aromatic heterocycles. The van der Waals surface area contributed by atoms with Crippen LogP contribution in [-0.2, 0) is 11.2 Å². The fourth-order valence-corrected chi connectivity index (χ4v) is 4.50. The van der Waals surface area contributed by atoms with Crippen molar-refractivity contribution in [3.8, 4) is 5.75 Å². The molecule has 1 fully saturated rings. The molecule has 178 valence electrons. The number of aromatic nitrogens is 2. The van der Waals surface area contributed by atoms with E-state index < -0.39 is 0 Å². The van der Waals surface area contributed by atoms with Crippen LogP contribution in [0.3, 0.4) is 0 Å². The molecule has 5 N–H and O–H groups in total. The van der Waals surface area contributed by atoms with Crippen LogP contribution in [0.1, 0.15) is 69.8 Å². The monoisotopic (exact) mass is 452 g/mol. The molecular formula is C25H36N6O2. The Morgan fingerprint density at radius 3 is 2.64 bits per heavy atom. The number of fused-ring (bicyclic) bond motifs is 1. The standard InChI is InChI=1S/C25H36N6O2/c26-22(32)10-6-1-2-7-17-33-20-13-11-19(12-14-20)29-25-30-23-21(15-16-27-23)24(31-25)28-18-8-4-3-5-9-18/h11-14,18H,1-10,15-17H2,(H2,26,32)(H3,27,28,29,30,31). The zero-order valence-electron chi connectivity index (χ0n) is 19.4. The Kier molecular flexibility index (Phi) is 8.22. The van der Waals surface area contributed by atoms with Crippen molar-refractivity contribution in [2.45, 2.75) is 76.7 Å². The highest BCUT2D eigenvalue weighted by atomic mass is 16.5. The minimum atomic E-state index is -0.224. The number of unbranched alkanes of at least 4 members (excludes halogenated alkanes) is 3. The van der Waals surface area contributed by atoms with E-state index in [-0.39, 0.29) is 5.91 Å². The first-order valence-electron chi connectivity index (χ1n) is 12.4. The van der Waals surface area contributed by atoms with Crippen LogP contribution in [0, 0.1) is 0 Å². The molecule has 1 amide bonds. The molecule has 1 aliphatic heterocycles. The smallest absolute Gasteiger partial charge is 0.231 e. The Morgan fingerprint density at radius 1 is 1.06 bits per heavy atom. The fourth-order valence-electron chi connectivity index (χ4n) is 4.50. The van der Waals surface area contributed by atoms with Gasteiger partial charge < -0.3 is 26.4 Å². The molecule has 0 spiro atoms. The normalized spacial score (nSPS) is 15.5. The van der Waals surface area contributed by atoms with E-state index in [1.54, 1.807) is 0 Å². The van der Waals surface area contributed by atoms with E-state index in [1.807, 2.05) is 24.3 Å². The average molecular weight is 453 g/mol. The van der Waals surface area contributed by atoms with Gasteiger partial charge in [-0.3, -0.25) is 4.79 Å². The molecule has 2 aromatic rings. The van der Waals surface area contributed by atoms with Gasteiger partial charge in [-0.15, -0.1) is 0 Å². The van der Waals surface area contributed by atoms with Crippen LogP contribution < -0.4 is 26.4 Å². The van der Waals surface area contributed by atoms with Crippen LogP contribution >= 0.6 is 0 Å². The van der Waals surface area contributed by atoms with Gasteiger partial charge in [-0.1, -0.05) is 32.1 Å². The third kappa shape index (κ3) is 6.97. The Balaban J connectivity index is 1.28. The van der Waals surface area contributed by atoms with E-state index in [4.69, 9.17) is 15.5 Å². The summed E-state index contributed by atoms with van der Waals surface area (Å²) in [5.41, 5.74) is 7.28. The number of nitrogens with two attached hydrogens (primary N) is 1. The van der Waals surface area contributed by atoms with Crippen molar-refractivity contribution in [2.75, 3.05) is 29.1 Å². The van der Waals surface area contributed by atoms with Crippen molar-refractivity contribution >= 4 is 29.2 Å². The molecule has 0 saturated heterocycles. The van der Waals surface area contributed by atoms with E-state index in [0.717, 1.165) is 61.7 Å². The van der Waals surface area contributed by atoms with E-state index in [9.17, 15) is 4.79 Å². The van der Waals surface area contributed by atoms with E-state index in [1.165, 1.54) is 37.7 Å². The highest BCUT2D eigenvalue weighted by Gasteiger charge is 2.22. The molecule has 2 heterocycles. The van der Waals surface area contributed by atoms with Gasteiger partial charge in [0.1, 0.15) is 17.4 Å². The van der Waals surface area contributed by atoms with Gasteiger partial charge in [-0.25, -0.2) is 0 Å². The summed E-state index contributed by atoms with van der Waals surface area (Å²) in [5, 5.41) is 10.4. The van der Waals surface area contributed by atoms with Crippen molar-refractivity contribution in [1.82, 2.24) is 9.97 Å². The van der Waals surface area contributed by atoms with Crippen molar-refractivity contribution in [3.05, 3.63) is 29.8 Å². The van der Waals surface area contributed by atoms with Crippen molar-refractivity contribution < 1.29 is 9.53 Å². The maximum absolute atomic E-state index is 10.7. The van der Waals surface area contributed by atoms with Gasteiger partial charge in [0, 0.05) is 30.3 Å². The summed E-state index contributed by atoms with van der Waals surface area (Å²) < 4.78 is 5.83. The van der Waals surface area contributed by atoms with E-state index in [0.29, 0.717) is 25.0 Å². The molecule has 1 aliphatic carbocycles. The van der Waals surface area contributed by atoms with Crippen LogP contribution in [0.4, 0.5) is 23.3 Å². The second kappa shape index (κ2) is 11.7. The first-order valence-corrected chi connectivity index (χ1v) is 12.4. The van der Waals surface area contributed by atoms with Crippen LogP contribution in [0.5, 0.6) is 5.75 Å². The van der Waals surface area contributed by atoms with Crippen LogP contribution in [0.2, 0.25) is 0 Å². The minimum absolute atomic E-state index is 0.224. The lowest BCUT2D eigenvalue weighted by molar-refractivity contribution is -0.118. The summed E-state index contributed by atoms with van der Waals surface area (Å²) in [7, 11) is 0. The number of rotatable bonds is 12. The van der Waals surface area contributed by atoms with Gasteiger partial charge in [0.05, 0.1) is 6.61 Å². The Labute approximate surface area is 196 Å². The molecule has 8 heteroatoms. The number of anilines is 4. The molecular weight excluding hydrogens is 416 g/mol. The Morgan fingerprint density at radius 2 is 1.85 bits per heavy atom. The number of carbonyl (C=O) groups excluding carboxylic acids is 1. The second-order valence-electron chi connectivity index (χ2n) is 9.01. The van der Waals surface area contributed by atoms with Crippen molar-refractivity contribution in [3.63, 3.8) is 0 Å². The van der Waals surface area contributed by atoms with Gasteiger partial charge in [0.2, 0.25) is 11.9 Å². The molecule has 0 radical (unpaired) electrons. The minimum Gasteiger partial charge on any atom is -0.494 e. The summed E-state index contributed by atoms with van der Waals surface area (Å²) in [5.74, 6) is 3.12. The summed E-state index contributed by atoms with van der Waals surface area (Å²) in [6.45, 7) is 1.57. The number of hydrogen-bond acceptors (Lipinski definition) is 7. The summed E-state index contributed by atoms with van der Waals surface area (Å²) in [6.07, 6.45) is 11.6. The average Bonchev–Trinajstić information content (AvgIpc) is 3.29. The maximum atomic E-state index is 10.7. The van der Waals surface area contributed by atoms with Crippen molar-refractivity contribution in [1.29, 1.82) is 0 Å². The lowest BCUT2D eigenvalue weighted by Crippen LogP contribution is -2.23. The number of ether oxygens (including phenoxy) is 1. The highest BCUT2D eigenvalue weighted by molar-refractivity contribution is 5.73. The van der Waals surface area contributed by atoms with Gasteiger partial charge in [0.15, 0.2) is 0 Å². The summed E-state index contributed by atoms with van der Waals surface area (Å²) in [6, 6.07) is 8.40.